The van der Waals surface area contributed by atoms with Crippen molar-refractivity contribution >= 4 is 17.5 Å². The second kappa shape index (κ2) is 8.76. The standard InChI is InChI=1S/C20H27ClN4O2/c1-15-13-16(2)25(22-15)12-10-23-7-4-8-24(11-9-23)20(26)18-14-17(21)5-6-19(18)27-3/h5-6,13-14H,4,7-12H2,1-3H3. The first-order chi connectivity index (χ1) is 13.0. The number of benzene rings is 1. The quantitative estimate of drug-likeness (QED) is 0.787. The van der Waals surface area contributed by atoms with Gasteiger partial charge in [-0.1, -0.05) is 11.6 Å². The van der Waals surface area contributed by atoms with Crippen molar-refractivity contribution in [2.24, 2.45) is 0 Å². The number of methoxy groups -OCH3 is 1. The Morgan fingerprint density at radius 3 is 2.67 bits per heavy atom. The van der Waals surface area contributed by atoms with Crippen LogP contribution in [-0.2, 0) is 6.54 Å². The number of hydrogen-bond acceptors (Lipinski definition) is 4. The van der Waals surface area contributed by atoms with Crippen LogP contribution in [0.15, 0.2) is 24.3 Å². The highest BCUT2D eigenvalue weighted by molar-refractivity contribution is 6.31. The van der Waals surface area contributed by atoms with Crippen molar-refractivity contribution in [1.82, 2.24) is 19.6 Å². The second-order valence-electron chi connectivity index (χ2n) is 6.98. The maximum Gasteiger partial charge on any atom is 0.257 e. The molecule has 6 nitrogen and oxygen atoms in total. The van der Waals surface area contributed by atoms with Crippen molar-refractivity contribution in [2.75, 3.05) is 39.8 Å². The smallest absolute Gasteiger partial charge is 0.257 e. The second-order valence-corrected chi connectivity index (χ2v) is 7.42. The lowest BCUT2D eigenvalue weighted by Gasteiger charge is -2.23. The lowest BCUT2D eigenvalue weighted by molar-refractivity contribution is 0.0758. The summed E-state index contributed by atoms with van der Waals surface area (Å²) in [6.45, 7) is 9.19. The van der Waals surface area contributed by atoms with E-state index < -0.39 is 0 Å². The monoisotopic (exact) mass is 390 g/mol. The van der Waals surface area contributed by atoms with E-state index in [4.69, 9.17) is 16.3 Å². The summed E-state index contributed by atoms with van der Waals surface area (Å²) < 4.78 is 7.39. The Bertz CT molecular complexity index is 805. The molecule has 1 aromatic heterocycles. The fourth-order valence-electron chi connectivity index (χ4n) is 3.55. The van der Waals surface area contributed by atoms with Crippen molar-refractivity contribution in [2.45, 2.75) is 26.8 Å². The molecule has 0 bridgehead atoms. The minimum atomic E-state index is -0.0188. The Kier molecular flexibility index (Phi) is 6.39. The van der Waals surface area contributed by atoms with E-state index in [-0.39, 0.29) is 5.91 Å². The van der Waals surface area contributed by atoms with E-state index >= 15 is 0 Å². The van der Waals surface area contributed by atoms with E-state index in [1.54, 1.807) is 25.3 Å². The van der Waals surface area contributed by atoms with Crippen LogP contribution in [0.2, 0.25) is 5.02 Å². The molecule has 0 aliphatic carbocycles. The van der Waals surface area contributed by atoms with E-state index in [2.05, 4.69) is 27.7 Å². The molecule has 0 saturated carbocycles. The number of carbonyl (C=O) groups is 1. The van der Waals surface area contributed by atoms with Gasteiger partial charge in [-0.25, -0.2) is 0 Å². The summed E-state index contributed by atoms with van der Waals surface area (Å²) in [6.07, 6.45) is 0.950. The molecular weight excluding hydrogens is 364 g/mol. The predicted octanol–water partition coefficient (Wildman–Crippen LogP) is 3.01. The van der Waals surface area contributed by atoms with Crippen LogP contribution in [0, 0.1) is 13.8 Å². The third-order valence-corrected chi connectivity index (χ3v) is 5.23. The van der Waals surface area contributed by atoms with Gasteiger partial charge in [-0.3, -0.25) is 14.4 Å². The molecule has 1 aromatic carbocycles. The van der Waals surface area contributed by atoms with Gasteiger partial charge in [-0.2, -0.15) is 5.10 Å². The molecule has 1 fully saturated rings. The van der Waals surface area contributed by atoms with Crippen LogP contribution in [0.4, 0.5) is 0 Å². The number of carbonyl (C=O) groups excluding carboxylic acids is 1. The van der Waals surface area contributed by atoms with Crippen LogP contribution in [0.3, 0.4) is 0 Å². The normalized spacial score (nSPS) is 15.6. The first kappa shape index (κ1) is 19.7. The first-order valence-electron chi connectivity index (χ1n) is 9.34. The lowest BCUT2D eigenvalue weighted by Crippen LogP contribution is -2.36. The molecule has 0 unspecified atom stereocenters. The molecule has 7 heteroatoms. The number of hydrogen-bond donors (Lipinski definition) is 0. The Balaban J connectivity index is 1.60. The molecule has 0 N–H and O–H groups in total. The minimum Gasteiger partial charge on any atom is -0.496 e. The highest BCUT2D eigenvalue weighted by atomic mass is 35.5. The summed E-state index contributed by atoms with van der Waals surface area (Å²) in [5.74, 6) is 0.546. The zero-order chi connectivity index (χ0) is 19.4. The molecular formula is C20H27ClN4O2. The van der Waals surface area contributed by atoms with Crippen molar-refractivity contribution in [3.8, 4) is 5.75 Å². The molecule has 1 aliphatic heterocycles. The third kappa shape index (κ3) is 4.82. The van der Waals surface area contributed by atoms with Crippen LogP contribution in [0.1, 0.15) is 28.2 Å². The number of amides is 1. The third-order valence-electron chi connectivity index (χ3n) is 5.00. The zero-order valence-corrected chi connectivity index (χ0v) is 17.0. The van der Waals surface area contributed by atoms with Gasteiger partial charge in [0.15, 0.2) is 0 Å². The maximum atomic E-state index is 13.0. The Hall–Kier alpha value is -2.05. The Labute approximate surface area is 165 Å². The molecule has 0 radical (unpaired) electrons. The Morgan fingerprint density at radius 1 is 1.15 bits per heavy atom. The average Bonchev–Trinajstić information content (AvgIpc) is 2.84. The number of aromatic nitrogens is 2. The van der Waals surface area contributed by atoms with E-state index in [9.17, 15) is 4.79 Å². The molecule has 1 saturated heterocycles. The van der Waals surface area contributed by atoms with Crippen molar-refractivity contribution in [3.63, 3.8) is 0 Å². The fourth-order valence-corrected chi connectivity index (χ4v) is 3.72. The van der Waals surface area contributed by atoms with Gasteiger partial charge in [0.25, 0.3) is 5.91 Å². The van der Waals surface area contributed by atoms with Crippen LogP contribution >= 0.6 is 11.6 Å². The van der Waals surface area contributed by atoms with Gasteiger partial charge in [0.1, 0.15) is 5.75 Å². The molecule has 146 valence electrons. The van der Waals surface area contributed by atoms with Crippen LogP contribution in [0.25, 0.3) is 0 Å². The molecule has 1 amide bonds. The molecule has 27 heavy (non-hydrogen) atoms. The summed E-state index contributed by atoms with van der Waals surface area (Å²) in [7, 11) is 1.57. The predicted molar refractivity (Wildman–Crippen MR) is 107 cm³/mol. The highest BCUT2D eigenvalue weighted by Gasteiger charge is 2.23. The summed E-state index contributed by atoms with van der Waals surface area (Å²) in [5.41, 5.74) is 2.77. The van der Waals surface area contributed by atoms with Gasteiger partial charge in [-0.05, 0) is 51.1 Å². The first-order valence-corrected chi connectivity index (χ1v) is 9.72. The van der Waals surface area contributed by atoms with Gasteiger partial charge in [0.2, 0.25) is 0 Å². The topological polar surface area (TPSA) is 50.6 Å². The van der Waals surface area contributed by atoms with Crippen molar-refractivity contribution in [3.05, 3.63) is 46.2 Å². The molecule has 0 atom stereocenters. The van der Waals surface area contributed by atoms with Crippen LogP contribution in [0.5, 0.6) is 5.75 Å². The van der Waals surface area contributed by atoms with Crippen LogP contribution in [-0.4, -0.2) is 65.3 Å². The summed E-state index contributed by atoms with van der Waals surface area (Å²) in [4.78, 5) is 17.3. The van der Waals surface area contributed by atoms with E-state index in [1.165, 1.54) is 5.69 Å². The molecule has 1 aliphatic rings. The minimum absolute atomic E-state index is 0.0188. The summed E-state index contributed by atoms with van der Waals surface area (Å²) >= 11 is 6.08. The SMILES string of the molecule is COc1ccc(Cl)cc1C(=O)N1CCCN(CCn2nc(C)cc2C)CC1. The number of rotatable bonds is 5. The van der Waals surface area contributed by atoms with Crippen molar-refractivity contribution in [1.29, 1.82) is 0 Å². The highest BCUT2D eigenvalue weighted by Crippen LogP contribution is 2.24. The average molecular weight is 391 g/mol. The van der Waals surface area contributed by atoms with Crippen LogP contribution < -0.4 is 4.74 Å². The molecule has 2 heterocycles. The maximum absolute atomic E-state index is 13.0. The number of halogens is 1. The summed E-state index contributed by atoms with van der Waals surface area (Å²) in [6, 6.07) is 7.27. The van der Waals surface area contributed by atoms with E-state index in [0.717, 1.165) is 44.8 Å². The van der Waals surface area contributed by atoms with Gasteiger partial charge in [0, 0.05) is 36.9 Å². The molecule has 0 spiro atoms. The lowest BCUT2D eigenvalue weighted by atomic mass is 10.1. The summed E-state index contributed by atoms with van der Waals surface area (Å²) in [5, 5.41) is 5.07. The number of nitrogens with zero attached hydrogens (tertiary/aromatic N) is 4. The van der Waals surface area contributed by atoms with E-state index in [0.29, 0.717) is 22.9 Å². The zero-order valence-electron chi connectivity index (χ0n) is 16.2. The number of ether oxygens (including phenoxy) is 1. The van der Waals surface area contributed by atoms with E-state index in [1.807, 2.05) is 11.8 Å². The Morgan fingerprint density at radius 2 is 1.96 bits per heavy atom. The van der Waals surface area contributed by atoms with Gasteiger partial charge in [0.05, 0.1) is 24.9 Å². The number of aryl methyl sites for hydroxylation is 2. The van der Waals surface area contributed by atoms with Gasteiger partial charge >= 0.3 is 0 Å². The molecule has 2 aromatic rings. The molecule has 3 rings (SSSR count). The largest absolute Gasteiger partial charge is 0.496 e. The van der Waals surface area contributed by atoms with Gasteiger partial charge < -0.3 is 9.64 Å². The van der Waals surface area contributed by atoms with Gasteiger partial charge in [-0.15, -0.1) is 0 Å². The fraction of sp³-hybridized carbons (Fsp3) is 0.500. The van der Waals surface area contributed by atoms with Crippen molar-refractivity contribution < 1.29 is 9.53 Å².